The number of halogens is 3. The number of oxazole rings is 1. The Balaban J connectivity index is 1.73. The quantitative estimate of drug-likeness (QED) is 0.623. The van der Waals surface area contributed by atoms with Crippen LogP contribution in [0, 0.1) is 17.5 Å². The van der Waals surface area contributed by atoms with Crippen molar-refractivity contribution in [2.45, 2.75) is 51.5 Å². The summed E-state index contributed by atoms with van der Waals surface area (Å²) in [6, 6.07) is 1.35. The molecule has 1 aliphatic heterocycles. The minimum Gasteiger partial charge on any atom is -0.447 e. The molecule has 0 N–H and O–H groups in total. The number of hydrogen-bond donors (Lipinski definition) is 0. The predicted octanol–water partition coefficient (Wildman–Crippen LogP) is 4.38. The fourth-order valence-corrected chi connectivity index (χ4v) is 3.55. The average molecular weight is 376 g/mol. The smallest absolute Gasteiger partial charge is 0.181 e. The van der Waals surface area contributed by atoms with E-state index in [1.54, 1.807) is 0 Å². The van der Waals surface area contributed by atoms with Gasteiger partial charge in [-0.25, -0.2) is 18.2 Å². The number of aryl methyl sites for hydroxylation is 1. The Morgan fingerprint density at radius 2 is 1.81 bits per heavy atom. The summed E-state index contributed by atoms with van der Waals surface area (Å²) < 4.78 is 48.8. The first-order chi connectivity index (χ1) is 12.8. The molecule has 0 fully saturated rings. The molecule has 0 spiro atoms. The van der Waals surface area contributed by atoms with Gasteiger partial charge in [-0.15, -0.1) is 10.2 Å². The second-order valence-electron chi connectivity index (χ2n) is 7.85. The summed E-state index contributed by atoms with van der Waals surface area (Å²) in [5.41, 5.74) is -0.0858. The van der Waals surface area contributed by atoms with E-state index in [2.05, 4.69) is 40.5 Å². The van der Waals surface area contributed by atoms with Crippen molar-refractivity contribution in [1.29, 1.82) is 0 Å². The van der Waals surface area contributed by atoms with E-state index in [4.69, 9.17) is 4.42 Å². The lowest BCUT2D eigenvalue weighted by Gasteiger charge is -2.26. The van der Waals surface area contributed by atoms with Gasteiger partial charge in [0.25, 0.3) is 0 Å². The maximum atomic E-state index is 14.2. The van der Waals surface area contributed by atoms with Crippen LogP contribution in [0.25, 0.3) is 11.3 Å². The zero-order valence-electron chi connectivity index (χ0n) is 15.3. The van der Waals surface area contributed by atoms with Crippen LogP contribution in [-0.4, -0.2) is 19.7 Å². The molecule has 5 nitrogen and oxygen atoms in total. The van der Waals surface area contributed by atoms with Gasteiger partial charge in [-0.2, -0.15) is 0 Å². The monoisotopic (exact) mass is 376 g/mol. The van der Waals surface area contributed by atoms with Crippen molar-refractivity contribution >= 4 is 0 Å². The van der Waals surface area contributed by atoms with E-state index in [0.29, 0.717) is 24.8 Å². The lowest BCUT2D eigenvalue weighted by atomic mass is 9.91. The minimum absolute atomic E-state index is 0.0976. The number of aromatic nitrogens is 4. The van der Waals surface area contributed by atoms with E-state index < -0.39 is 17.5 Å². The van der Waals surface area contributed by atoms with E-state index in [0.717, 1.165) is 24.1 Å². The molecule has 1 atom stereocenters. The Hall–Kier alpha value is -2.64. The molecule has 2 aromatic heterocycles. The molecule has 1 aromatic carbocycles. The summed E-state index contributed by atoms with van der Waals surface area (Å²) in [6.07, 6.45) is 2.61. The zero-order chi connectivity index (χ0) is 19.3. The van der Waals surface area contributed by atoms with Gasteiger partial charge in [0.15, 0.2) is 18.0 Å². The molecule has 3 heterocycles. The summed E-state index contributed by atoms with van der Waals surface area (Å²) in [4.78, 5) is 4.07. The van der Waals surface area contributed by atoms with Crippen molar-refractivity contribution < 1.29 is 17.6 Å². The maximum Gasteiger partial charge on any atom is 0.181 e. The predicted molar refractivity (Wildman–Crippen MR) is 91.6 cm³/mol. The van der Waals surface area contributed by atoms with Crippen LogP contribution in [0.5, 0.6) is 0 Å². The Kier molecular flexibility index (Phi) is 4.09. The normalized spacial score (nSPS) is 17.2. The highest BCUT2D eigenvalue weighted by molar-refractivity contribution is 5.62. The molecule has 0 saturated carbocycles. The van der Waals surface area contributed by atoms with E-state index >= 15 is 0 Å². The second kappa shape index (κ2) is 6.21. The molecule has 1 unspecified atom stereocenters. The number of nitrogens with zero attached hydrogens (tertiary/aromatic N) is 4. The molecular weight excluding hydrogens is 357 g/mol. The molecule has 142 valence electrons. The molecule has 3 aromatic rings. The van der Waals surface area contributed by atoms with Gasteiger partial charge in [-0.1, -0.05) is 20.8 Å². The summed E-state index contributed by atoms with van der Waals surface area (Å²) >= 11 is 0. The third-order valence-corrected chi connectivity index (χ3v) is 4.85. The van der Waals surface area contributed by atoms with E-state index in [9.17, 15) is 13.2 Å². The first-order valence-corrected chi connectivity index (χ1v) is 8.76. The number of benzene rings is 1. The van der Waals surface area contributed by atoms with Crippen molar-refractivity contribution in [3.8, 4) is 11.3 Å². The lowest BCUT2D eigenvalue weighted by molar-refractivity contribution is 0.363. The molecule has 0 saturated heterocycles. The third kappa shape index (κ3) is 3.02. The number of fused-ring (bicyclic) bond motifs is 1. The summed E-state index contributed by atoms with van der Waals surface area (Å²) in [5.74, 6) is -1.11. The van der Waals surface area contributed by atoms with E-state index in [1.807, 2.05) is 0 Å². The van der Waals surface area contributed by atoms with Gasteiger partial charge >= 0.3 is 0 Å². The van der Waals surface area contributed by atoms with Crippen LogP contribution in [0.4, 0.5) is 13.2 Å². The van der Waals surface area contributed by atoms with Crippen LogP contribution in [0.15, 0.2) is 22.9 Å². The maximum absolute atomic E-state index is 14.2. The van der Waals surface area contributed by atoms with Crippen LogP contribution in [-0.2, 0) is 18.4 Å². The van der Waals surface area contributed by atoms with Crippen LogP contribution in [0.3, 0.4) is 0 Å². The molecule has 0 radical (unpaired) electrons. The summed E-state index contributed by atoms with van der Waals surface area (Å²) in [7, 11) is 0. The molecule has 27 heavy (non-hydrogen) atoms. The fourth-order valence-electron chi connectivity index (χ4n) is 3.55. The standard InChI is InChI=1S/C19H19F3N4O/c1-19(2,3)18-25-24-15-5-4-10(8-26(15)18)17-16(23-9-27-17)11-6-13(21)14(22)7-12(11)20/h6-7,9-10H,4-5,8H2,1-3H3. The highest BCUT2D eigenvalue weighted by atomic mass is 19.2. The van der Waals surface area contributed by atoms with Crippen molar-refractivity contribution in [2.75, 3.05) is 0 Å². The second-order valence-corrected chi connectivity index (χ2v) is 7.85. The molecule has 0 bridgehead atoms. The van der Waals surface area contributed by atoms with Crippen molar-refractivity contribution in [1.82, 2.24) is 19.7 Å². The topological polar surface area (TPSA) is 56.7 Å². The molecule has 0 amide bonds. The summed E-state index contributed by atoms with van der Waals surface area (Å²) in [5, 5.41) is 8.59. The largest absolute Gasteiger partial charge is 0.447 e. The minimum atomic E-state index is -1.23. The van der Waals surface area contributed by atoms with Gasteiger partial charge in [-0.3, -0.25) is 0 Å². The zero-order valence-corrected chi connectivity index (χ0v) is 15.3. The first kappa shape index (κ1) is 17.8. The molecule has 0 aliphatic carbocycles. The van der Waals surface area contributed by atoms with E-state index in [-0.39, 0.29) is 22.6 Å². The van der Waals surface area contributed by atoms with Crippen LogP contribution < -0.4 is 0 Å². The summed E-state index contributed by atoms with van der Waals surface area (Å²) in [6.45, 7) is 6.74. The van der Waals surface area contributed by atoms with Gasteiger partial charge in [0.05, 0.1) is 0 Å². The lowest BCUT2D eigenvalue weighted by Crippen LogP contribution is -2.25. The Morgan fingerprint density at radius 1 is 1.07 bits per heavy atom. The van der Waals surface area contributed by atoms with Crippen LogP contribution in [0.1, 0.15) is 50.5 Å². The fraction of sp³-hybridized carbons (Fsp3) is 0.421. The molecule has 8 heteroatoms. The van der Waals surface area contributed by atoms with Gasteiger partial charge in [-0.05, 0) is 12.5 Å². The SMILES string of the molecule is CC(C)(C)c1nnc2n1CC(c1ocnc1-c1cc(F)c(F)cc1F)CC2. The molecular formula is C19H19F3N4O. The molecule has 4 rings (SSSR count). The van der Waals surface area contributed by atoms with Crippen molar-refractivity contribution in [3.63, 3.8) is 0 Å². The number of rotatable bonds is 2. The van der Waals surface area contributed by atoms with Crippen LogP contribution in [0.2, 0.25) is 0 Å². The van der Waals surface area contributed by atoms with Gasteiger partial charge < -0.3 is 8.98 Å². The molecule has 1 aliphatic rings. The Bertz CT molecular complexity index is 1000. The highest BCUT2D eigenvalue weighted by Crippen LogP contribution is 2.37. The van der Waals surface area contributed by atoms with Crippen molar-refractivity contribution in [3.05, 3.63) is 53.4 Å². The van der Waals surface area contributed by atoms with Gasteiger partial charge in [0.1, 0.15) is 28.9 Å². The van der Waals surface area contributed by atoms with Gasteiger partial charge in [0.2, 0.25) is 0 Å². The van der Waals surface area contributed by atoms with Crippen molar-refractivity contribution in [2.24, 2.45) is 0 Å². The number of hydrogen-bond acceptors (Lipinski definition) is 4. The van der Waals surface area contributed by atoms with E-state index in [1.165, 1.54) is 6.39 Å². The average Bonchev–Trinajstić information content (AvgIpc) is 3.23. The first-order valence-electron chi connectivity index (χ1n) is 8.76. The Labute approximate surface area is 154 Å². The van der Waals surface area contributed by atoms with Gasteiger partial charge in [0, 0.05) is 35.9 Å². The Morgan fingerprint density at radius 3 is 2.56 bits per heavy atom. The third-order valence-electron chi connectivity index (χ3n) is 4.85. The highest BCUT2D eigenvalue weighted by Gasteiger charge is 2.32. The van der Waals surface area contributed by atoms with Crippen LogP contribution >= 0.6 is 0 Å².